The summed E-state index contributed by atoms with van der Waals surface area (Å²) in [6.45, 7) is 7.23. The minimum atomic E-state index is -0.532. The normalized spacial score (nSPS) is 15.7. The van der Waals surface area contributed by atoms with E-state index in [1.807, 2.05) is 30.3 Å². The number of carbonyl (C=O) groups excluding carboxylic acids is 2. The molecule has 0 atom stereocenters. The zero-order chi connectivity index (χ0) is 18.5. The third-order valence-electron chi connectivity index (χ3n) is 4.59. The van der Waals surface area contributed by atoms with Gasteiger partial charge in [0.15, 0.2) is 0 Å². The van der Waals surface area contributed by atoms with Gasteiger partial charge >= 0.3 is 0 Å². The van der Waals surface area contributed by atoms with Gasteiger partial charge in [0.05, 0.1) is 12.1 Å². The Morgan fingerprint density at radius 2 is 1.77 bits per heavy atom. The van der Waals surface area contributed by atoms with E-state index in [2.05, 4.69) is 22.0 Å². The highest BCUT2D eigenvalue weighted by molar-refractivity contribution is 7.20. The Morgan fingerprint density at radius 1 is 1.12 bits per heavy atom. The van der Waals surface area contributed by atoms with Crippen LogP contribution in [0.25, 0.3) is 10.4 Å². The molecule has 1 aromatic carbocycles. The number of nitrogens with zero attached hydrogens (tertiary/aromatic N) is 2. The van der Waals surface area contributed by atoms with Gasteiger partial charge in [0.1, 0.15) is 5.00 Å². The Hall–Kier alpha value is -2.22. The molecule has 0 bridgehead atoms. The number of carbonyl (C=O) groups is 2. The smallest absolute Gasteiger partial charge is 0.251 e. The Morgan fingerprint density at radius 3 is 2.38 bits per heavy atom. The van der Waals surface area contributed by atoms with Crippen molar-refractivity contribution in [2.24, 2.45) is 5.73 Å². The zero-order valence-electron chi connectivity index (χ0n) is 14.9. The van der Waals surface area contributed by atoms with Crippen molar-refractivity contribution in [1.82, 2.24) is 9.80 Å². The quantitative estimate of drug-likeness (QED) is 0.814. The van der Waals surface area contributed by atoms with E-state index in [0.717, 1.165) is 43.2 Å². The van der Waals surface area contributed by atoms with E-state index < -0.39 is 5.91 Å². The lowest BCUT2D eigenvalue weighted by molar-refractivity contribution is -0.117. The number of piperazine rings is 1. The number of hydrogen-bond acceptors (Lipinski definition) is 5. The highest BCUT2D eigenvalue weighted by Crippen LogP contribution is 2.35. The van der Waals surface area contributed by atoms with E-state index >= 15 is 0 Å². The lowest BCUT2D eigenvalue weighted by Gasteiger charge is -2.33. The molecule has 0 aliphatic carbocycles. The highest BCUT2D eigenvalue weighted by Gasteiger charge is 2.20. The van der Waals surface area contributed by atoms with Crippen molar-refractivity contribution >= 4 is 28.2 Å². The van der Waals surface area contributed by atoms with Gasteiger partial charge in [0.25, 0.3) is 5.91 Å². The average Bonchev–Trinajstić information content (AvgIpc) is 3.07. The summed E-state index contributed by atoms with van der Waals surface area (Å²) in [6.07, 6.45) is 0. The SMILES string of the molecule is CCN1CCN(CC(=O)Nc2sc(-c3ccccc3)cc2C(N)=O)CC1. The Balaban J connectivity index is 1.68. The molecule has 3 N–H and O–H groups in total. The molecule has 0 unspecified atom stereocenters. The molecule has 1 aliphatic heterocycles. The number of anilines is 1. The molecule has 3 rings (SSSR count). The minimum Gasteiger partial charge on any atom is -0.366 e. The summed E-state index contributed by atoms with van der Waals surface area (Å²) in [5.41, 5.74) is 6.85. The Labute approximate surface area is 157 Å². The molecule has 0 saturated carbocycles. The van der Waals surface area contributed by atoms with Crippen LogP contribution in [0.3, 0.4) is 0 Å². The predicted molar refractivity (Wildman–Crippen MR) is 105 cm³/mol. The van der Waals surface area contributed by atoms with Crippen molar-refractivity contribution in [2.45, 2.75) is 6.92 Å². The standard InChI is InChI=1S/C19H24N4O2S/c1-2-22-8-10-23(11-9-22)13-17(24)21-19-15(18(20)25)12-16(26-19)14-6-4-3-5-7-14/h3-7,12H,2,8-11,13H2,1H3,(H2,20,25)(H,21,24). The summed E-state index contributed by atoms with van der Waals surface area (Å²) in [6, 6.07) is 11.5. The third kappa shape index (κ3) is 4.49. The van der Waals surface area contributed by atoms with Crippen molar-refractivity contribution in [3.8, 4) is 10.4 Å². The van der Waals surface area contributed by atoms with Crippen LogP contribution in [0.15, 0.2) is 36.4 Å². The van der Waals surface area contributed by atoms with Crippen LogP contribution in [0.1, 0.15) is 17.3 Å². The van der Waals surface area contributed by atoms with Gasteiger partial charge in [-0.25, -0.2) is 0 Å². The van der Waals surface area contributed by atoms with Crippen LogP contribution < -0.4 is 11.1 Å². The second kappa shape index (κ2) is 8.44. The number of rotatable bonds is 6. The van der Waals surface area contributed by atoms with Crippen molar-refractivity contribution in [3.63, 3.8) is 0 Å². The van der Waals surface area contributed by atoms with Crippen LogP contribution in [-0.2, 0) is 4.79 Å². The summed E-state index contributed by atoms with van der Waals surface area (Å²) in [7, 11) is 0. The topological polar surface area (TPSA) is 78.7 Å². The first-order chi connectivity index (χ1) is 12.6. The molecule has 138 valence electrons. The maximum Gasteiger partial charge on any atom is 0.251 e. The first-order valence-electron chi connectivity index (χ1n) is 8.80. The highest BCUT2D eigenvalue weighted by atomic mass is 32.1. The largest absolute Gasteiger partial charge is 0.366 e. The zero-order valence-corrected chi connectivity index (χ0v) is 15.7. The lowest BCUT2D eigenvalue weighted by Crippen LogP contribution is -2.48. The monoisotopic (exact) mass is 372 g/mol. The molecule has 1 aliphatic rings. The van der Waals surface area contributed by atoms with Gasteiger partial charge in [-0.3, -0.25) is 14.5 Å². The molecule has 1 aromatic heterocycles. The fourth-order valence-corrected chi connectivity index (χ4v) is 4.13. The van der Waals surface area contributed by atoms with Crippen molar-refractivity contribution in [3.05, 3.63) is 42.0 Å². The molecule has 26 heavy (non-hydrogen) atoms. The molecule has 1 saturated heterocycles. The number of nitrogens with one attached hydrogen (secondary N) is 1. The number of thiophene rings is 1. The number of likely N-dealkylation sites (N-methyl/N-ethyl adjacent to an activating group) is 1. The van der Waals surface area contributed by atoms with Crippen molar-refractivity contribution in [1.29, 1.82) is 0 Å². The van der Waals surface area contributed by atoms with E-state index in [-0.39, 0.29) is 5.91 Å². The molecule has 2 aromatic rings. The van der Waals surface area contributed by atoms with E-state index in [9.17, 15) is 9.59 Å². The third-order valence-corrected chi connectivity index (χ3v) is 5.69. The summed E-state index contributed by atoms with van der Waals surface area (Å²) in [5.74, 6) is -0.644. The molecule has 0 spiro atoms. The molecular weight excluding hydrogens is 348 g/mol. The Bertz CT molecular complexity index is 767. The van der Waals surface area contributed by atoms with E-state index in [4.69, 9.17) is 5.73 Å². The van der Waals surface area contributed by atoms with Gasteiger partial charge in [0.2, 0.25) is 5.91 Å². The van der Waals surface area contributed by atoms with Crippen molar-refractivity contribution < 1.29 is 9.59 Å². The second-order valence-electron chi connectivity index (χ2n) is 6.34. The van der Waals surface area contributed by atoms with Gasteiger partial charge in [-0.15, -0.1) is 11.3 Å². The first-order valence-corrected chi connectivity index (χ1v) is 9.62. The fourth-order valence-electron chi connectivity index (χ4n) is 3.04. The minimum absolute atomic E-state index is 0.112. The Kier molecular flexibility index (Phi) is 6.03. The second-order valence-corrected chi connectivity index (χ2v) is 7.39. The predicted octanol–water partition coefficient (Wildman–Crippen LogP) is 2.09. The van der Waals surface area contributed by atoms with Gasteiger partial charge < -0.3 is 16.0 Å². The maximum absolute atomic E-state index is 12.4. The molecule has 1 fully saturated rings. The lowest BCUT2D eigenvalue weighted by atomic mass is 10.1. The average molecular weight is 372 g/mol. The van der Waals surface area contributed by atoms with Crippen molar-refractivity contribution in [2.75, 3.05) is 44.6 Å². The summed E-state index contributed by atoms with van der Waals surface area (Å²) in [4.78, 5) is 29.6. The van der Waals surface area contributed by atoms with Gasteiger partial charge in [-0.1, -0.05) is 37.3 Å². The van der Waals surface area contributed by atoms with E-state index in [1.165, 1.54) is 11.3 Å². The fraction of sp³-hybridized carbons (Fsp3) is 0.368. The molecule has 0 radical (unpaired) electrons. The molecule has 7 heteroatoms. The van der Waals surface area contributed by atoms with Crippen LogP contribution in [0.4, 0.5) is 5.00 Å². The molecule has 2 amide bonds. The van der Waals surface area contributed by atoms with Gasteiger partial charge in [-0.2, -0.15) is 0 Å². The van der Waals surface area contributed by atoms with Crippen LogP contribution in [0, 0.1) is 0 Å². The van der Waals surface area contributed by atoms with Crippen LogP contribution >= 0.6 is 11.3 Å². The number of nitrogens with two attached hydrogens (primary N) is 1. The van der Waals surface area contributed by atoms with Crippen LogP contribution in [0.5, 0.6) is 0 Å². The molecule has 6 nitrogen and oxygen atoms in total. The van der Waals surface area contributed by atoms with Crippen LogP contribution in [0.2, 0.25) is 0 Å². The summed E-state index contributed by atoms with van der Waals surface area (Å²) >= 11 is 1.38. The molecular formula is C19H24N4O2S. The summed E-state index contributed by atoms with van der Waals surface area (Å²) < 4.78 is 0. The number of primary amides is 1. The number of amides is 2. The van der Waals surface area contributed by atoms with E-state index in [0.29, 0.717) is 17.1 Å². The number of benzene rings is 1. The van der Waals surface area contributed by atoms with Gasteiger partial charge in [0, 0.05) is 31.1 Å². The number of hydrogen-bond donors (Lipinski definition) is 2. The molecule has 2 heterocycles. The van der Waals surface area contributed by atoms with Crippen LogP contribution in [-0.4, -0.2) is 60.9 Å². The first kappa shape index (κ1) is 18.6. The van der Waals surface area contributed by atoms with Gasteiger partial charge in [-0.05, 0) is 18.2 Å². The maximum atomic E-state index is 12.4. The summed E-state index contributed by atoms with van der Waals surface area (Å²) in [5, 5.41) is 3.40. The van der Waals surface area contributed by atoms with E-state index in [1.54, 1.807) is 6.07 Å².